The van der Waals surface area contributed by atoms with Crippen molar-refractivity contribution >= 4 is 11.8 Å². The third-order valence-electron chi connectivity index (χ3n) is 8.10. The minimum Gasteiger partial charge on any atom is -0.497 e. The Hall–Kier alpha value is -2.08. The third-order valence-corrected chi connectivity index (χ3v) is 8.10. The molecule has 6 nitrogen and oxygen atoms in total. The molecule has 1 aromatic carbocycles. The Morgan fingerprint density at radius 1 is 0.970 bits per heavy atom. The number of carbonyl (C=O) groups excluding carboxylic acids is 2. The molecule has 3 aliphatic rings. The van der Waals surface area contributed by atoms with Crippen molar-refractivity contribution in [1.82, 2.24) is 14.7 Å². The molecular weight excluding hydrogens is 414 g/mol. The van der Waals surface area contributed by atoms with E-state index in [2.05, 4.69) is 34.9 Å². The number of likely N-dealkylation sites (tertiary alicyclic amines) is 2. The van der Waals surface area contributed by atoms with Gasteiger partial charge in [0.15, 0.2) is 0 Å². The highest BCUT2D eigenvalue weighted by molar-refractivity contribution is 5.79. The molecule has 182 valence electrons. The fourth-order valence-electron chi connectivity index (χ4n) is 6.16. The van der Waals surface area contributed by atoms with E-state index in [1.807, 2.05) is 4.90 Å². The zero-order valence-corrected chi connectivity index (χ0v) is 20.7. The monoisotopic (exact) mass is 455 g/mol. The number of methoxy groups -OCH3 is 1. The van der Waals surface area contributed by atoms with E-state index in [1.165, 1.54) is 17.5 Å². The summed E-state index contributed by atoms with van der Waals surface area (Å²) < 4.78 is 5.47. The SMILES string of the molecule is CCCN(C1CCN(C(=O)C2CCN(C(C)=O)CC2)CC1)C1CCc2ccc(OC)cc2C1. The summed E-state index contributed by atoms with van der Waals surface area (Å²) in [5, 5.41) is 0. The van der Waals surface area contributed by atoms with Crippen LogP contribution in [0.15, 0.2) is 18.2 Å². The topological polar surface area (TPSA) is 53.1 Å². The van der Waals surface area contributed by atoms with E-state index < -0.39 is 0 Å². The van der Waals surface area contributed by atoms with E-state index in [-0.39, 0.29) is 11.8 Å². The maximum atomic E-state index is 13.1. The fourth-order valence-corrected chi connectivity index (χ4v) is 6.16. The largest absolute Gasteiger partial charge is 0.497 e. The molecule has 1 unspecified atom stereocenters. The summed E-state index contributed by atoms with van der Waals surface area (Å²) >= 11 is 0. The second kappa shape index (κ2) is 10.9. The number of amides is 2. The summed E-state index contributed by atoms with van der Waals surface area (Å²) in [5.41, 5.74) is 2.91. The average molecular weight is 456 g/mol. The standard InChI is InChI=1S/C27H41N3O3/c1-4-13-30(25-7-5-21-6-8-26(33-3)19-23(21)18-25)24-11-16-29(17-12-24)27(32)22-9-14-28(15-10-22)20(2)31/h6,8,19,22,24-25H,4-5,7,9-18H2,1-3H3. The van der Waals surface area contributed by atoms with Gasteiger partial charge in [-0.05, 0) is 81.2 Å². The first-order valence-corrected chi connectivity index (χ1v) is 13.0. The number of ether oxygens (including phenoxy) is 1. The maximum absolute atomic E-state index is 13.1. The predicted molar refractivity (Wildman–Crippen MR) is 130 cm³/mol. The molecule has 0 radical (unpaired) electrons. The first-order chi connectivity index (χ1) is 16.0. The van der Waals surface area contributed by atoms with Gasteiger partial charge in [0.2, 0.25) is 11.8 Å². The molecule has 1 aliphatic carbocycles. The van der Waals surface area contributed by atoms with E-state index in [0.29, 0.717) is 18.0 Å². The quantitative estimate of drug-likeness (QED) is 0.659. The highest BCUT2D eigenvalue weighted by atomic mass is 16.5. The first kappa shape index (κ1) is 24.1. The number of hydrogen-bond donors (Lipinski definition) is 0. The minimum absolute atomic E-state index is 0.0914. The second-order valence-corrected chi connectivity index (χ2v) is 10.1. The molecule has 0 aromatic heterocycles. The number of rotatable bonds is 6. The highest BCUT2D eigenvalue weighted by Gasteiger charge is 2.35. The van der Waals surface area contributed by atoms with Gasteiger partial charge in [-0.25, -0.2) is 0 Å². The van der Waals surface area contributed by atoms with Gasteiger partial charge in [-0.15, -0.1) is 0 Å². The van der Waals surface area contributed by atoms with Crippen molar-refractivity contribution in [2.24, 2.45) is 5.92 Å². The summed E-state index contributed by atoms with van der Waals surface area (Å²) in [6.45, 7) is 8.21. The van der Waals surface area contributed by atoms with Crippen molar-refractivity contribution in [2.45, 2.75) is 77.3 Å². The van der Waals surface area contributed by atoms with Crippen molar-refractivity contribution in [3.63, 3.8) is 0 Å². The third kappa shape index (κ3) is 5.53. The van der Waals surface area contributed by atoms with Gasteiger partial charge in [-0.2, -0.15) is 0 Å². The van der Waals surface area contributed by atoms with Crippen molar-refractivity contribution in [1.29, 1.82) is 0 Å². The Morgan fingerprint density at radius 3 is 2.30 bits per heavy atom. The van der Waals surface area contributed by atoms with E-state index in [0.717, 1.165) is 83.4 Å². The van der Waals surface area contributed by atoms with Crippen molar-refractivity contribution in [3.8, 4) is 5.75 Å². The lowest BCUT2D eigenvalue weighted by Gasteiger charge is -2.44. The fraction of sp³-hybridized carbons (Fsp3) is 0.704. The van der Waals surface area contributed by atoms with Crippen LogP contribution in [0.3, 0.4) is 0 Å². The lowest BCUT2D eigenvalue weighted by molar-refractivity contribution is -0.141. The molecule has 2 saturated heterocycles. The number of fused-ring (bicyclic) bond motifs is 1. The molecule has 1 aromatic rings. The number of hydrogen-bond acceptors (Lipinski definition) is 4. The van der Waals surface area contributed by atoms with Gasteiger partial charge >= 0.3 is 0 Å². The normalized spacial score (nSPS) is 22.4. The van der Waals surface area contributed by atoms with Crippen molar-refractivity contribution in [2.75, 3.05) is 39.8 Å². The molecule has 33 heavy (non-hydrogen) atoms. The van der Waals surface area contributed by atoms with E-state index in [1.54, 1.807) is 14.0 Å². The van der Waals surface area contributed by atoms with Crippen LogP contribution in [0.2, 0.25) is 0 Å². The van der Waals surface area contributed by atoms with Gasteiger partial charge in [-0.1, -0.05) is 13.0 Å². The van der Waals surface area contributed by atoms with Crippen LogP contribution in [0.4, 0.5) is 0 Å². The minimum atomic E-state index is 0.0914. The van der Waals surface area contributed by atoms with Crippen LogP contribution >= 0.6 is 0 Å². The van der Waals surface area contributed by atoms with Crippen LogP contribution in [-0.4, -0.2) is 78.4 Å². The van der Waals surface area contributed by atoms with Gasteiger partial charge in [0.25, 0.3) is 0 Å². The van der Waals surface area contributed by atoms with Gasteiger partial charge in [-0.3, -0.25) is 14.5 Å². The molecule has 4 rings (SSSR count). The maximum Gasteiger partial charge on any atom is 0.225 e. The first-order valence-electron chi connectivity index (χ1n) is 13.0. The Balaban J connectivity index is 1.33. The molecular formula is C27H41N3O3. The molecule has 0 saturated carbocycles. The van der Waals surface area contributed by atoms with Crippen LogP contribution in [0.5, 0.6) is 5.75 Å². The second-order valence-electron chi connectivity index (χ2n) is 10.1. The van der Waals surface area contributed by atoms with Crippen LogP contribution in [0.25, 0.3) is 0 Å². The molecule has 2 heterocycles. The molecule has 0 bridgehead atoms. The Kier molecular flexibility index (Phi) is 7.94. The summed E-state index contributed by atoms with van der Waals surface area (Å²) in [7, 11) is 1.74. The van der Waals surface area contributed by atoms with Crippen molar-refractivity contribution in [3.05, 3.63) is 29.3 Å². The summed E-state index contributed by atoms with van der Waals surface area (Å²) in [5.74, 6) is 1.49. The number of benzene rings is 1. The lowest BCUT2D eigenvalue weighted by atomic mass is 9.85. The van der Waals surface area contributed by atoms with Gasteiger partial charge < -0.3 is 14.5 Å². The van der Waals surface area contributed by atoms with Gasteiger partial charge in [0.05, 0.1) is 7.11 Å². The number of piperidine rings is 2. The predicted octanol–water partition coefficient (Wildman–Crippen LogP) is 3.51. The Morgan fingerprint density at radius 2 is 1.67 bits per heavy atom. The number of carbonyl (C=O) groups is 2. The smallest absolute Gasteiger partial charge is 0.225 e. The molecule has 6 heteroatoms. The molecule has 2 fully saturated rings. The Labute approximate surface area is 199 Å². The molecule has 0 spiro atoms. The summed E-state index contributed by atoms with van der Waals surface area (Å²) in [4.78, 5) is 31.4. The van der Waals surface area contributed by atoms with E-state index >= 15 is 0 Å². The molecule has 0 N–H and O–H groups in total. The van der Waals surface area contributed by atoms with Crippen LogP contribution in [0, 0.1) is 5.92 Å². The van der Waals surface area contributed by atoms with Crippen molar-refractivity contribution < 1.29 is 14.3 Å². The highest BCUT2D eigenvalue weighted by Crippen LogP contribution is 2.31. The zero-order chi connectivity index (χ0) is 23.4. The number of aryl methyl sites for hydroxylation is 1. The van der Waals surface area contributed by atoms with Crippen LogP contribution < -0.4 is 4.74 Å². The van der Waals surface area contributed by atoms with Crippen LogP contribution in [0.1, 0.15) is 63.5 Å². The van der Waals surface area contributed by atoms with Gasteiger partial charge in [0, 0.05) is 51.1 Å². The molecule has 2 aliphatic heterocycles. The number of nitrogens with zero attached hydrogens (tertiary/aromatic N) is 3. The zero-order valence-electron chi connectivity index (χ0n) is 20.7. The summed E-state index contributed by atoms with van der Waals surface area (Å²) in [6, 6.07) is 7.68. The average Bonchev–Trinajstić information content (AvgIpc) is 2.86. The molecule has 2 amide bonds. The van der Waals surface area contributed by atoms with E-state index in [4.69, 9.17) is 4.74 Å². The van der Waals surface area contributed by atoms with E-state index in [9.17, 15) is 9.59 Å². The molecule has 1 atom stereocenters. The lowest BCUT2D eigenvalue weighted by Crippen LogP contribution is -2.53. The van der Waals surface area contributed by atoms with Gasteiger partial charge in [0.1, 0.15) is 5.75 Å². The Bertz CT molecular complexity index is 826. The van der Waals surface area contributed by atoms with Crippen LogP contribution in [-0.2, 0) is 22.4 Å². The summed E-state index contributed by atoms with van der Waals surface area (Å²) in [6.07, 6.45) is 8.37.